The van der Waals surface area contributed by atoms with Gasteiger partial charge in [0.1, 0.15) is 5.76 Å². The highest BCUT2D eigenvalue weighted by molar-refractivity contribution is 5.91. The number of aromatic nitrogens is 1. The first-order valence-electron chi connectivity index (χ1n) is 8.18. The minimum Gasteiger partial charge on any atom is -0.360 e. The molecule has 1 saturated heterocycles. The number of likely N-dealkylation sites (tertiary alicyclic amines) is 1. The van der Waals surface area contributed by atoms with Gasteiger partial charge in [0.15, 0.2) is 5.82 Å². The van der Waals surface area contributed by atoms with Crippen LogP contribution in [0.2, 0.25) is 0 Å². The molecule has 1 aliphatic heterocycles. The van der Waals surface area contributed by atoms with Gasteiger partial charge >= 0.3 is 0 Å². The van der Waals surface area contributed by atoms with E-state index in [-0.39, 0.29) is 5.91 Å². The molecule has 1 amide bonds. The molecule has 23 heavy (non-hydrogen) atoms. The quantitative estimate of drug-likeness (QED) is 0.922. The molecule has 122 valence electrons. The third kappa shape index (κ3) is 4.66. The summed E-state index contributed by atoms with van der Waals surface area (Å²) in [5, 5.41) is 6.56. The summed E-state index contributed by atoms with van der Waals surface area (Å²) >= 11 is 0. The fraction of sp³-hybridized carbons (Fsp3) is 0.444. The van der Waals surface area contributed by atoms with Crippen molar-refractivity contribution >= 4 is 11.7 Å². The normalized spacial score (nSPS) is 16.4. The maximum Gasteiger partial charge on any atom is 0.239 e. The molecule has 3 rings (SSSR count). The Hall–Kier alpha value is -2.14. The van der Waals surface area contributed by atoms with E-state index < -0.39 is 0 Å². The van der Waals surface area contributed by atoms with Crippen molar-refractivity contribution in [1.29, 1.82) is 0 Å². The van der Waals surface area contributed by atoms with E-state index in [9.17, 15) is 4.79 Å². The minimum absolute atomic E-state index is 0.0280. The minimum atomic E-state index is -0.0280. The van der Waals surface area contributed by atoms with Gasteiger partial charge in [-0.05, 0) is 50.8 Å². The summed E-state index contributed by atoms with van der Waals surface area (Å²) in [6, 6.07) is 12.4. The van der Waals surface area contributed by atoms with E-state index in [1.807, 2.05) is 0 Å². The number of rotatable bonds is 5. The van der Waals surface area contributed by atoms with Gasteiger partial charge in [-0.3, -0.25) is 9.69 Å². The predicted octanol–water partition coefficient (Wildman–Crippen LogP) is 2.88. The molecule has 2 heterocycles. The van der Waals surface area contributed by atoms with Crippen LogP contribution in [0.1, 0.15) is 24.2 Å². The lowest BCUT2D eigenvalue weighted by Crippen LogP contribution is -2.39. The number of amides is 1. The van der Waals surface area contributed by atoms with E-state index >= 15 is 0 Å². The van der Waals surface area contributed by atoms with Gasteiger partial charge in [0.25, 0.3) is 0 Å². The molecule has 1 aliphatic rings. The van der Waals surface area contributed by atoms with E-state index in [2.05, 4.69) is 45.7 Å². The second kappa shape index (κ2) is 7.42. The number of anilines is 1. The summed E-state index contributed by atoms with van der Waals surface area (Å²) in [6.07, 6.45) is 3.43. The fourth-order valence-corrected chi connectivity index (χ4v) is 3.11. The van der Waals surface area contributed by atoms with Crippen LogP contribution in [0.5, 0.6) is 0 Å². The molecule has 0 aliphatic carbocycles. The number of benzene rings is 1. The van der Waals surface area contributed by atoms with E-state index in [1.165, 1.54) is 5.56 Å². The Labute approximate surface area is 136 Å². The number of nitrogens with zero attached hydrogens (tertiary/aromatic N) is 2. The van der Waals surface area contributed by atoms with Gasteiger partial charge in [-0.15, -0.1) is 0 Å². The van der Waals surface area contributed by atoms with E-state index in [4.69, 9.17) is 4.52 Å². The van der Waals surface area contributed by atoms with Crippen molar-refractivity contribution in [1.82, 2.24) is 10.1 Å². The third-order valence-corrected chi connectivity index (χ3v) is 4.34. The molecule has 0 radical (unpaired) electrons. The molecule has 0 spiro atoms. The van der Waals surface area contributed by atoms with Gasteiger partial charge in [-0.25, -0.2) is 0 Å². The monoisotopic (exact) mass is 313 g/mol. The fourth-order valence-electron chi connectivity index (χ4n) is 3.11. The van der Waals surface area contributed by atoms with Gasteiger partial charge in [-0.1, -0.05) is 35.5 Å². The van der Waals surface area contributed by atoms with E-state index in [1.54, 1.807) is 13.0 Å². The first kappa shape index (κ1) is 15.7. The van der Waals surface area contributed by atoms with Crippen LogP contribution in [-0.2, 0) is 11.2 Å². The Balaban J connectivity index is 1.41. The van der Waals surface area contributed by atoms with Crippen molar-refractivity contribution in [2.45, 2.75) is 26.2 Å². The lowest BCUT2D eigenvalue weighted by Gasteiger charge is -2.31. The van der Waals surface area contributed by atoms with Crippen LogP contribution in [0.15, 0.2) is 40.9 Å². The second-order valence-corrected chi connectivity index (χ2v) is 6.28. The summed E-state index contributed by atoms with van der Waals surface area (Å²) < 4.78 is 4.95. The average Bonchev–Trinajstić information content (AvgIpc) is 2.95. The summed E-state index contributed by atoms with van der Waals surface area (Å²) in [5.41, 5.74) is 1.41. The van der Waals surface area contributed by atoms with Gasteiger partial charge < -0.3 is 9.84 Å². The SMILES string of the molecule is Cc1cc(NC(=O)CN2CCC(Cc3ccccc3)CC2)no1. The molecular formula is C18H23N3O2. The van der Waals surface area contributed by atoms with Gasteiger partial charge in [0.05, 0.1) is 6.54 Å². The van der Waals surface area contributed by atoms with Crippen LogP contribution in [0.4, 0.5) is 5.82 Å². The first-order valence-corrected chi connectivity index (χ1v) is 8.18. The molecule has 1 N–H and O–H groups in total. The number of carbonyl (C=O) groups is 1. The number of hydrogen-bond donors (Lipinski definition) is 1. The van der Waals surface area contributed by atoms with Crippen molar-refractivity contribution in [2.75, 3.05) is 25.0 Å². The highest BCUT2D eigenvalue weighted by Gasteiger charge is 2.21. The third-order valence-electron chi connectivity index (χ3n) is 4.34. The molecule has 1 aromatic carbocycles. The van der Waals surface area contributed by atoms with Crippen molar-refractivity contribution in [3.05, 3.63) is 47.7 Å². The van der Waals surface area contributed by atoms with Crippen LogP contribution in [0.25, 0.3) is 0 Å². The standard InChI is InChI=1S/C18H23N3O2/c1-14-11-17(20-23-14)19-18(22)13-21-9-7-16(8-10-21)12-15-5-3-2-4-6-15/h2-6,11,16H,7-10,12-13H2,1H3,(H,19,20,22). The largest absolute Gasteiger partial charge is 0.360 e. The van der Waals surface area contributed by atoms with Crippen LogP contribution in [0, 0.1) is 12.8 Å². The van der Waals surface area contributed by atoms with Crippen LogP contribution < -0.4 is 5.32 Å². The summed E-state index contributed by atoms with van der Waals surface area (Å²) in [5.74, 6) is 1.88. The van der Waals surface area contributed by atoms with Crippen molar-refractivity contribution < 1.29 is 9.32 Å². The number of hydrogen-bond acceptors (Lipinski definition) is 4. The van der Waals surface area contributed by atoms with Crippen molar-refractivity contribution in [2.24, 2.45) is 5.92 Å². The Morgan fingerprint density at radius 2 is 2.04 bits per heavy atom. The molecule has 5 nitrogen and oxygen atoms in total. The first-order chi connectivity index (χ1) is 11.2. The smallest absolute Gasteiger partial charge is 0.239 e. The van der Waals surface area contributed by atoms with Crippen molar-refractivity contribution in [3.8, 4) is 0 Å². The maximum absolute atomic E-state index is 12.0. The van der Waals surface area contributed by atoms with E-state index in [0.717, 1.165) is 38.3 Å². The number of piperidine rings is 1. The van der Waals surface area contributed by atoms with Crippen LogP contribution in [-0.4, -0.2) is 35.6 Å². The number of aryl methyl sites for hydroxylation is 1. The Kier molecular flexibility index (Phi) is 5.08. The number of nitrogens with one attached hydrogen (secondary N) is 1. The molecule has 2 aromatic rings. The van der Waals surface area contributed by atoms with Crippen LogP contribution in [0.3, 0.4) is 0 Å². The molecule has 0 atom stereocenters. The number of carbonyl (C=O) groups excluding carboxylic acids is 1. The molecule has 0 saturated carbocycles. The van der Waals surface area contributed by atoms with Gasteiger partial charge in [-0.2, -0.15) is 0 Å². The highest BCUT2D eigenvalue weighted by atomic mass is 16.5. The lowest BCUT2D eigenvalue weighted by atomic mass is 9.90. The summed E-state index contributed by atoms with van der Waals surface area (Å²) in [7, 11) is 0. The zero-order chi connectivity index (χ0) is 16.1. The molecule has 5 heteroatoms. The molecule has 0 bridgehead atoms. The van der Waals surface area contributed by atoms with E-state index in [0.29, 0.717) is 18.1 Å². The lowest BCUT2D eigenvalue weighted by molar-refractivity contribution is -0.117. The molecule has 1 fully saturated rings. The predicted molar refractivity (Wildman–Crippen MR) is 89.2 cm³/mol. The zero-order valence-corrected chi connectivity index (χ0v) is 13.5. The second-order valence-electron chi connectivity index (χ2n) is 6.28. The summed E-state index contributed by atoms with van der Waals surface area (Å²) in [4.78, 5) is 14.2. The average molecular weight is 313 g/mol. The zero-order valence-electron chi connectivity index (χ0n) is 13.5. The van der Waals surface area contributed by atoms with Gasteiger partial charge in [0.2, 0.25) is 5.91 Å². The Bertz CT molecular complexity index is 631. The topological polar surface area (TPSA) is 58.4 Å². The molecule has 0 unspecified atom stereocenters. The maximum atomic E-state index is 12.0. The molecule has 1 aromatic heterocycles. The molecular weight excluding hydrogens is 290 g/mol. The Morgan fingerprint density at radius 1 is 1.30 bits per heavy atom. The highest BCUT2D eigenvalue weighted by Crippen LogP contribution is 2.21. The van der Waals surface area contributed by atoms with Gasteiger partial charge in [0, 0.05) is 6.07 Å². The summed E-state index contributed by atoms with van der Waals surface area (Å²) in [6.45, 7) is 4.18. The Morgan fingerprint density at radius 3 is 2.70 bits per heavy atom. The van der Waals surface area contributed by atoms with Crippen molar-refractivity contribution in [3.63, 3.8) is 0 Å². The van der Waals surface area contributed by atoms with Crippen LogP contribution >= 0.6 is 0 Å².